The summed E-state index contributed by atoms with van der Waals surface area (Å²) >= 11 is 1.74. The van der Waals surface area contributed by atoms with Gasteiger partial charge in [-0.25, -0.2) is 4.98 Å². The highest BCUT2D eigenvalue weighted by molar-refractivity contribution is 7.15. The van der Waals surface area contributed by atoms with E-state index in [1.807, 2.05) is 24.5 Å². The zero-order valence-corrected chi connectivity index (χ0v) is 17.7. The highest BCUT2D eigenvalue weighted by atomic mass is 32.1. The molecular formula is C23H17N7S. The first-order valence-electron chi connectivity index (χ1n) is 9.83. The van der Waals surface area contributed by atoms with E-state index in [0.29, 0.717) is 5.82 Å². The SMILES string of the molecule is Cc1ccc(-c2cncc3[nH]c(-c4n[nH]c5cnc(-c6cnccc6C)cc45)nc23)s1. The molecule has 150 valence electrons. The van der Waals surface area contributed by atoms with Gasteiger partial charge in [-0.05, 0) is 43.7 Å². The second-order valence-corrected chi connectivity index (χ2v) is 8.74. The molecule has 31 heavy (non-hydrogen) atoms. The van der Waals surface area contributed by atoms with Crippen molar-refractivity contribution in [3.05, 3.63) is 65.7 Å². The monoisotopic (exact) mass is 423 g/mol. The van der Waals surface area contributed by atoms with Gasteiger partial charge in [0.15, 0.2) is 5.82 Å². The van der Waals surface area contributed by atoms with Crippen LogP contribution in [0.3, 0.4) is 0 Å². The van der Waals surface area contributed by atoms with Crippen LogP contribution in [0, 0.1) is 13.8 Å². The topological polar surface area (TPSA) is 96.0 Å². The van der Waals surface area contributed by atoms with Crippen molar-refractivity contribution in [2.45, 2.75) is 13.8 Å². The third-order valence-electron chi connectivity index (χ3n) is 5.39. The second kappa shape index (κ2) is 6.82. The Hall–Kier alpha value is -3.91. The summed E-state index contributed by atoms with van der Waals surface area (Å²) in [5.74, 6) is 0.698. The molecule has 0 fully saturated rings. The van der Waals surface area contributed by atoms with Crippen LogP contribution in [-0.4, -0.2) is 35.1 Å². The summed E-state index contributed by atoms with van der Waals surface area (Å²) in [5.41, 5.74) is 7.38. The molecule has 0 atom stereocenters. The summed E-state index contributed by atoms with van der Waals surface area (Å²) in [5, 5.41) is 8.56. The fourth-order valence-electron chi connectivity index (χ4n) is 3.78. The number of hydrogen-bond acceptors (Lipinski definition) is 6. The number of pyridine rings is 3. The summed E-state index contributed by atoms with van der Waals surface area (Å²) in [6.07, 6.45) is 9.10. The van der Waals surface area contributed by atoms with Crippen LogP contribution in [0.1, 0.15) is 10.4 Å². The number of aromatic nitrogens is 7. The quantitative estimate of drug-likeness (QED) is 0.402. The maximum atomic E-state index is 4.91. The van der Waals surface area contributed by atoms with Gasteiger partial charge in [0.05, 0.1) is 29.1 Å². The van der Waals surface area contributed by atoms with Gasteiger partial charge in [0, 0.05) is 44.9 Å². The maximum absolute atomic E-state index is 4.91. The van der Waals surface area contributed by atoms with Crippen molar-refractivity contribution in [1.29, 1.82) is 0 Å². The van der Waals surface area contributed by atoms with Gasteiger partial charge >= 0.3 is 0 Å². The molecule has 2 N–H and O–H groups in total. The molecule has 0 aliphatic carbocycles. The number of thiophene rings is 1. The Morgan fingerprint density at radius 2 is 1.81 bits per heavy atom. The molecule has 0 radical (unpaired) electrons. The van der Waals surface area contributed by atoms with Crippen LogP contribution in [0.15, 0.2) is 55.2 Å². The number of nitrogens with one attached hydrogen (secondary N) is 2. The van der Waals surface area contributed by atoms with E-state index in [9.17, 15) is 0 Å². The zero-order valence-electron chi connectivity index (χ0n) is 16.8. The lowest BCUT2D eigenvalue weighted by Gasteiger charge is -2.04. The first-order chi connectivity index (χ1) is 15.2. The number of rotatable bonds is 3. The molecule has 0 aliphatic heterocycles. The minimum absolute atomic E-state index is 0.698. The van der Waals surface area contributed by atoms with Gasteiger partial charge in [-0.3, -0.25) is 20.1 Å². The Bertz CT molecular complexity index is 1570. The van der Waals surface area contributed by atoms with E-state index < -0.39 is 0 Å². The largest absolute Gasteiger partial charge is 0.335 e. The first kappa shape index (κ1) is 17.9. The first-order valence-corrected chi connectivity index (χ1v) is 10.6. The number of aryl methyl sites for hydroxylation is 2. The van der Waals surface area contributed by atoms with E-state index in [4.69, 9.17) is 4.98 Å². The summed E-state index contributed by atoms with van der Waals surface area (Å²) in [4.78, 5) is 24.0. The van der Waals surface area contributed by atoms with Crippen LogP contribution in [0.25, 0.3) is 55.2 Å². The van der Waals surface area contributed by atoms with Crippen LogP contribution in [0.2, 0.25) is 0 Å². The third kappa shape index (κ3) is 2.91. The van der Waals surface area contributed by atoms with Crippen molar-refractivity contribution in [2.75, 3.05) is 0 Å². The molecule has 6 aromatic rings. The molecule has 0 aromatic carbocycles. The molecule has 8 heteroatoms. The summed E-state index contributed by atoms with van der Waals surface area (Å²) in [7, 11) is 0. The summed E-state index contributed by atoms with van der Waals surface area (Å²) < 4.78 is 0. The van der Waals surface area contributed by atoms with Gasteiger partial charge in [0.1, 0.15) is 11.2 Å². The van der Waals surface area contributed by atoms with Gasteiger partial charge < -0.3 is 4.98 Å². The van der Waals surface area contributed by atoms with Gasteiger partial charge in [0.25, 0.3) is 0 Å². The van der Waals surface area contributed by atoms with Crippen LogP contribution >= 0.6 is 11.3 Å². The second-order valence-electron chi connectivity index (χ2n) is 7.46. The van der Waals surface area contributed by atoms with Crippen LogP contribution < -0.4 is 0 Å². The Morgan fingerprint density at radius 1 is 0.903 bits per heavy atom. The van der Waals surface area contributed by atoms with Gasteiger partial charge in [0.2, 0.25) is 0 Å². The molecule has 6 aromatic heterocycles. The highest BCUT2D eigenvalue weighted by Crippen LogP contribution is 2.34. The number of nitrogens with zero attached hydrogens (tertiary/aromatic N) is 5. The van der Waals surface area contributed by atoms with Crippen LogP contribution in [0.5, 0.6) is 0 Å². The van der Waals surface area contributed by atoms with E-state index in [1.165, 1.54) is 4.88 Å². The Labute approximate surface area is 181 Å². The van der Waals surface area contributed by atoms with E-state index in [1.54, 1.807) is 29.9 Å². The average Bonchev–Trinajstić information content (AvgIpc) is 3.50. The van der Waals surface area contributed by atoms with Gasteiger partial charge in [-0.2, -0.15) is 5.10 Å². The normalized spacial score (nSPS) is 11.5. The number of fused-ring (bicyclic) bond motifs is 2. The molecule has 0 bridgehead atoms. The zero-order chi connectivity index (χ0) is 20.9. The molecule has 0 aliphatic rings. The molecule has 0 saturated heterocycles. The lowest BCUT2D eigenvalue weighted by Crippen LogP contribution is -1.88. The molecule has 0 spiro atoms. The smallest absolute Gasteiger partial charge is 0.159 e. The average molecular weight is 424 g/mol. The molecule has 0 amide bonds. The number of H-pyrrole nitrogens is 2. The van der Waals surface area contributed by atoms with Crippen molar-refractivity contribution in [3.63, 3.8) is 0 Å². The number of imidazole rings is 1. The van der Waals surface area contributed by atoms with Crippen molar-refractivity contribution in [1.82, 2.24) is 35.1 Å². The van der Waals surface area contributed by atoms with E-state index in [0.717, 1.165) is 54.9 Å². The maximum Gasteiger partial charge on any atom is 0.159 e. The van der Waals surface area contributed by atoms with Crippen LogP contribution in [-0.2, 0) is 0 Å². The van der Waals surface area contributed by atoms with Crippen LogP contribution in [0.4, 0.5) is 0 Å². The highest BCUT2D eigenvalue weighted by Gasteiger charge is 2.17. The van der Waals surface area contributed by atoms with Crippen molar-refractivity contribution < 1.29 is 0 Å². The molecule has 0 unspecified atom stereocenters. The molecular weight excluding hydrogens is 406 g/mol. The Balaban J connectivity index is 1.52. The minimum atomic E-state index is 0.698. The van der Waals surface area contributed by atoms with E-state index >= 15 is 0 Å². The lowest BCUT2D eigenvalue weighted by atomic mass is 10.1. The predicted octanol–water partition coefficient (Wildman–Crippen LogP) is 5.30. The standard InChI is InChI=1S/C23H17N7S/c1-12-5-6-24-8-15(12)17-7-14-18(11-26-17)29-30-22(14)23-27-19-10-25-9-16(21(19)28-23)20-4-3-13(2)31-20/h3-11H,1-2H3,(H,27,28)(H,29,30). The van der Waals surface area contributed by atoms with Crippen molar-refractivity contribution >= 4 is 33.3 Å². The van der Waals surface area contributed by atoms with Crippen molar-refractivity contribution in [2.24, 2.45) is 0 Å². The lowest BCUT2D eigenvalue weighted by molar-refractivity contribution is 1.10. The third-order valence-corrected chi connectivity index (χ3v) is 6.42. The summed E-state index contributed by atoms with van der Waals surface area (Å²) in [6.45, 7) is 4.16. The van der Waals surface area contributed by atoms with Gasteiger partial charge in [-0.15, -0.1) is 11.3 Å². The predicted molar refractivity (Wildman–Crippen MR) is 123 cm³/mol. The molecule has 0 saturated carbocycles. The van der Waals surface area contributed by atoms with Gasteiger partial charge in [-0.1, -0.05) is 0 Å². The summed E-state index contributed by atoms with van der Waals surface area (Å²) in [6, 6.07) is 8.25. The fraction of sp³-hybridized carbons (Fsp3) is 0.0870. The van der Waals surface area contributed by atoms with E-state index in [-0.39, 0.29) is 0 Å². The molecule has 6 rings (SSSR count). The number of aromatic amines is 2. The van der Waals surface area contributed by atoms with E-state index in [2.05, 4.69) is 56.1 Å². The number of hydrogen-bond donors (Lipinski definition) is 2. The molecule has 6 heterocycles. The minimum Gasteiger partial charge on any atom is -0.335 e. The molecule has 7 nitrogen and oxygen atoms in total. The fourth-order valence-corrected chi connectivity index (χ4v) is 4.66. The Morgan fingerprint density at radius 3 is 2.65 bits per heavy atom. The van der Waals surface area contributed by atoms with Crippen molar-refractivity contribution in [3.8, 4) is 33.2 Å². The Kier molecular flexibility index (Phi) is 3.94.